The summed E-state index contributed by atoms with van der Waals surface area (Å²) < 4.78 is 1.97. The molecule has 2 aromatic rings. The van der Waals surface area contributed by atoms with Gasteiger partial charge in [-0.05, 0) is 12.1 Å². The molecule has 1 aliphatic heterocycles. The normalized spacial score (nSPS) is 13.9. The van der Waals surface area contributed by atoms with Crippen LogP contribution < -0.4 is 10.6 Å². The van der Waals surface area contributed by atoms with Crippen LogP contribution in [-0.2, 0) is 24.8 Å². The molecule has 0 saturated carbocycles. The maximum atomic E-state index is 11.2. The lowest BCUT2D eigenvalue weighted by Crippen LogP contribution is -2.24. The van der Waals surface area contributed by atoms with E-state index in [4.69, 9.17) is 0 Å². The minimum atomic E-state index is -0.0631. The van der Waals surface area contributed by atoms with Gasteiger partial charge in [-0.15, -0.1) is 0 Å². The van der Waals surface area contributed by atoms with E-state index in [2.05, 4.69) is 15.7 Å². The summed E-state index contributed by atoms with van der Waals surface area (Å²) in [7, 11) is 1.99. The molecule has 5 heteroatoms. The second-order valence-corrected chi connectivity index (χ2v) is 5.09. The average Bonchev–Trinajstić information content (AvgIpc) is 2.76. The minimum Gasteiger partial charge on any atom is -0.326 e. The number of benzene rings is 1. The third kappa shape index (κ3) is 2.32. The van der Waals surface area contributed by atoms with E-state index < -0.39 is 0 Å². The summed E-state index contributed by atoms with van der Waals surface area (Å²) in [4.78, 5) is 11.2. The van der Waals surface area contributed by atoms with Gasteiger partial charge in [0.25, 0.3) is 0 Å². The summed E-state index contributed by atoms with van der Waals surface area (Å²) in [5.74, 6) is -0.0631. The number of carbonyl (C=O) groups excluding carboxylic acids is 1. The Labute approximate surface area is 118 Å². The van der Waals surface area contributed by atoms with Gasteiger partial charge in [0.05, 0.1) is 5.69 Å². The van der Waals surface area contributed by atoms with Crippen molar-refractivity contribution in [2.45, 2.75) is 19.9 Å². The number of hydrogen-bond acceptors (Lipinski definition) is 3. The van der Waals surface area contributed by atoms with Crippen LogP contribution in [0, 0.1) is 0 Å². The zero-order valence-electron chi connectivity index (χ0n) is 11.7. The maximum absolute atomic E-state index is 11.2. The molecular formula is C15H18N4O. The van der Waals surface area contributed by atoms with Crippen molar-refractivity contribution < 1.29 is 4.79 Å². The molecule has 0 unspecified atom stereocenters. The van der Waals surface area contributed by atoms with Gasteiger partial charge in [-0.1, -0.05) is 12.1 Å². The van der Waals surface area contributed by atoms with E-state index in [0.29, 0.717) is 0 Å². The highest BCUT2D eigenvalue weighted by atomic mass is 16.1. The first-order chi connectivity index (χ1) is 9.65. The predicted molar refractivity (Wildman–Crippen MR) is 78.4 cm³/mol. The van der Waals surface area contributed by atoms with Gasteiger partial charge in [-0.3, -0.25) is 9.48 Å². The fraction of sp³-hybridized carbons (Fsp3) is 0.333. The summed E-state index contributed by atoms with van der Waals surface area (Å²) in [5, 5.41) is 10.8. The first-order valence-electron chi connectivity index (χ1n) is 6.78. The molecule has 0 atom stereocenters. The fourth-order valence-corrected chi connectivity index (χ4v) is 2.70. The zero-order chi connectivity index (χ0) is 14.1. The Bertz CT molecular complexity index is 660. The van der Waals surface area contributed by atoms with Gasteiger partial charge >= 0.3 is 0 Å². The first kappa shape index (κ1) is 12.9. The van der Waals surface area contributed by atoms with Crippen LogP contribution in [0.1, 0.15) is 18.2 Å². The van der Waals surface area contributed by atoms with E-state index in [0.717, 1.165) is 36.5 Å². The van der Waals surface area contributed by atoms with Crippen molar-refractivity contribution in [1.82, 2.24) is 15.1 Å². The largest absolute Gasteiger partial charge is 0.326 e. The lowest BCUT2D eigenvalue weighted by Gasteiger charge is -2.14. The number of aryl methyl sites for hydroxylation is 1. The monoisotopic (exact) mass is 270 g/mol. The Morgan fingerprint density at radius 2 is 2.30 bits per heavy atom. The van der Waals surface area contributed by atoms with Crippen molar-refractivity contribution in [3.05, 3.63) is 35.5 Å². The van der Waals surface area contributed by atoms with Crippen molar-refractivity contribution in [2.24, 2.45) is 7.05 Å². The Morgan fingerprint density at radius 1 is 1.45 bits per heavy atom. The van der Waals surface area contributed by atoms with Crippen molar-refractivity contribution in [3.63, 3.8) is 0 Å². The Balaban J connectivity index is 2.03. The van der Waals surface area contributed by atoms with Crippen LogP contribution in [0.15, 0.2) is 24.3 Å². The van der Waals surface area contributed by atoms with Gasteiger partial charge in [-0.25, -0.2) is 0 Å². The van der Waals surface area contributed by atoms with E-state index in [9.17, 15) is 4.79 Å². The third-order valence-electron chi connectivity index (χ3n) is 3.57. The second kappa shape index (κ2) is 5.09. The van der Waals surface area contributed by atoms with Crippen LogP contribution in [0.3, 0.4) is 0 Å². The van der Waals surface area contributed by atoms with Crippen LogP contribution in [0.25, 0.3) is 11.3 Å². The summed E-state index contributed by atoms with van der Waals surface area (Å²) >= 11 is 0. The SMILES string of the molecule is CC(=O)Nc1cccc(-c2nn(C)c3c2CNCC3)c1. The van der Waals surface area contributed by atoms with Crippen LogP contribution in [0.4, 0.5) is 5.69 Å². The molecule has 5 nitrogen and oxygen atoms in total. The van der Waals surface area contributed by atoms with Gasteiger partial charge in [0.2, 0.25) is 5.91 Å². The molecule has 1 aliphatic rings. The van der Waals surface area contributed by atoms with E-state index in [-0.39, 0.29) is 5.91 Å². The van der Waals surface area contributed by atoms with Gasteiger partial charge in [0, 0.05) is 56.0 Å². The number of aromatic nitrogens is 2. The molecule has 0 bridgehead atoms. The molecular weight excluding hydrogens is 252 g/mol. The van der Waals surface area contributed by atoms with Gasteiger partial charge in [0.1, 0.15) is 0 Å². The van der Waals surface area contributed by atoms with Crippen LogP contribution >= 0.6 is 0 Å². The quantitative estimate of drug-likeness (QED) is 0.873. The molecule has 0 fully saturated rings. The molecule has 0 radical (unpaired) electrons. The molecule has 0 aliphatic carbocycles. The number of nitrogens with zero attached hydrogens (tertiary/aromatic N) is 2. The minimum absolute atomic E-state index is 0.0631. The van der Waals surface area contributed by atoms with E-state index in [1.54, 1.807) is 0 Å². The van der Waals surface area contributed by atoms with E-state index >= 15 is 0 Å². The Kier molecular flexibility index (Phi) is 3.28. The van der Waals surface area contributed by atoms with E-state index in [1.165, 1.54) is 18.2 Å². The van der Waals surface area contributed by atoms with Gasteiger partial charge < -0.3 is 10.6 Å². The number of nitrogens with one attached hydrogen (secondary N) is 2. The average molecular weight is 270 g/mol. The molecule has 20 heavy (non-hydrogen) atoms. The van der Waals surface area contributed by atoms with Crippen molar-refractivity contribution in [2.75, 3.05) is 11.9 Å². The maximum Gasteiger partial charge on any atom is 0.221 e. The first-order valence-corrected chi connectivity index (χ1v) is 6.78. The summed E-state index contributed by atoms with van der Waals surface area (Å²) in [6, 6.07) is 7.83. The van der Waals surface area contributed by atoms with Crippen LogP contribution in [0.5, 0.6) is 0 Å². The second-order valence-electron chi connectivity index (χ2n) is 5.09. The summed E-state index contributed by atoms with van der Waals surface area (Å²) in [5.41, 5.74) is 5.40. The van der Waals surface area contributed by atoms with Crippen molar-refractivity contribution in [3.8, 4) is 11.3 Å². The van der Waals surface area contributed by atoms with Crippen LogP contribution in [-0.4, -0.2) is 22.2 Å². The molecule has 0 saturated heterocycles. The van der Waals surface area contributed by atoms with Crippen molar-refractivity contribution in [1.29, 1.82) is 0 Å². The number of rotatable bonds is 2. The highest BCUT2D eigenvalue weighted by Crippen LogP contribution is 2.28. The molecule has 3 rings (SSSR count). The molecule has 1 aromatic heterocycles. The zero-order valence-corrected chi connectivity index (χ0v) is 11.7. The highest BCUT2D eigenvalue weighted by Gasteiger charge is 2.20. The molecule has 1 amide bonds. The third-order valence-corrected chi connectivity index (χ3v) is 3.57. The van der Waals surface area contributed by atoms with Gasteiger partial charge in [0.15, 0.2) is 0 Å². The lowest BCUT2D eigenvalue weighted by molar-refractivity contribution is -0.114. The Morgan fingerprint density at radius 3 is 3.10 bits per heavy atom. The molecule has 1 aromatic carbocycles. The summed E-state index contributed by atoms with van der Waals surface area (Å²) in [6.07, 6.45) is 1.00. The molecule has 0 spiro atoms. The number of amides is 1. The predicted octanol–water partition coefficient (Wildman–Crippen LogP) is 1.69. The van der Waals surface area contributed by atoms with Crippen LogP contribution in [0.2, 0.25) is 0 Å². The smallest absolute Gasteiger partial charge is 0.221 e. The molecule has 104 valence electrons. The Hall–Kier alpha value is -2.14. The van der Waals surface area contributed by atoms with Gasteiger partial charge in [-0.2, -0.15) is 5.10 Å². The van der Waals surface area contributed by atoms with Crippen molar-refractivity contribution >= 4 is 11.6 Å². The van der Waals surface area contributed by atoms with E-state index in [1.807, 2.05) is 36.0 Å². The number of anilines is 1. The standard InChI is InChI=1S/C15H18N4O/c1-10(20)17-12-5-3-4-11(8-12)15-13-9-16-7-6-14(13)19(2)18-15/h3-5,8,16H,6-7,9H2,1-2H3,(H,17,20). The number of carbonyl (C=O) groups is 1. The lowest BCUT2D eigenvalue weighted by atomic mass is 10.0. The molecule has 2 heterocycles. The number of fused-ring (bicyclic) bond motifs is 1. The fourth-order valence-electron chi connectivity index (χ4n) is 2.70. The number of hydrogen-bond donors (Lipinski definition) is 2. The highest BCUT2D eigenvalue weighted by molar-refractivity contribution is 5.89. The molecule has 2 N–H and O–H groups in total. The summed E-state index contributed by atoms with van der Waals surface area (Å²) in [6.45, 7) is 3.36. The topological polar surface area (TPSA) is 59.0 Å².